The van der Waals surface area contributed by atoms with E-state index < -0.39 is 5.97 Å². The van der Waals surface area contributed by atoms with Gasteiger partial charge in [0.05, 0.1) is 6.42 Å². The zero-order chi connectivity index (χ0) is 15.1. The van der Waals surface area contributed by atoms with Gasteiger partial charge in [-0.3, -0.25) is 9.59 Å². The van der Waals surface area contributed by atoms with Gasteiger partial charge >= 0.3 is 12.0 Å². The largest absolute Gasteiger partial charge is 0.481 e. The van der Waals surface area contributed by atoms with Crippen LogP contribution in [-0.2, 0) is 9.59 Å². The van der Waals surface area contributed by atoms with E-state index in [0.717, 1.165) is 6.42 Å². The number of carboxylic acid groups (broad SMARTS) is 1. The molecule has 0 bridgehead atoms. The van der Waals surface area contributed by atoms with Crippen LogP contribution >= 0.6 is 0 Å². The van der Waals surface area contributed by atoms with Crippen LogP contribution in [0.4, 0.5) is 4.79 Å². The molecule has 7 nitrogen and oxygen atoms in total. The van der Waals surface area contributed by atoms with Crippen LogP contribution in [0.15, 0.2) is 0 Å². The highest BCUT2D eigenvalue weighted by molar-refractivity contribution is 5.76. The second-order valence-corrected chi connectivity index (χ2v) is 4.85. The first-order chi connectivity index (χ1) is 9.45. The molecule has 1 aliphatic heterocycles. The Morgan fingerprint density at radius 2 is 1.70 bits per heavy atom. The zero-order valence-electron chi connectivity index (χ0n) is 12.2. The van der Waals surface area contributed by atoms with E-state index in [2.05, 4.69) is 0 Å². The van der Waals surface area contributed by atoms with Crippen molar-refractivity contribution in [2.75, 3.05) is 39.3 Å². The van der Waals surface area contributed by atoms with E-state index in [9.17, 15) is 14.4 Å². The fourth-order valence-corrected chi connectivity index (χ4v) is 2.24. The smallest absolute Gasteiger partial charge is 0.320 e. The highest BCUT2D eigenvalue weighted by atomic mass is 16.4. The number of urea groups is 1. The molecule has 114 valence electrons. The van der Waals surface area contributed by atoms with E-state index in [4.69, 9.17) is 5.11 Å². The number of carboxylic acids is 1. The fourth-order valence-electron chi connectivity index (χ4n) is 2.24. The van der Waals surface area contributed by atoms with Crippen LogP contribution in [0, 0.1) is 0 Å². The second kappa shape index (κ2) is 7.72. The molecule has 0 saturated carbocycles. The van der Waals surface area contributed by atoms with Crippen LogP contribution in [-0.4, -0.2) is 77.0 Å². The Bertz CT molecular complexity index is 373. The molecule has 1 saturated heterocycles. The van der Waals surface area contributed by atoms with Crippen LogP contribution in [0.5, 0.6) is 0 Å². The lowest BCUT2D eigenvalue weighted by Gasteiger charge is -2.28. The normalized spacial score (nSPS) is 15.7. The van der Waals surface area contributed by atoms with E-state index in [1.54, 1.807) is 9.80 Å². The summed E-state index contributed by atoms with van der Waals surface area (Å²) in [5, 5.41) is 8.70. The quantitative estimate of drug-likeness (QED) is 0.813. The van der Waals surface area contributed by atoms with Gasteiger partial charge in [-0.1, -0.05) is 0 Å². The number of nitrogens with zero attached hydrogens (tertiary/aromatic N) is 3. The molecule has 1 heterocycles. The second-order valence-electron chi connectivity index (χ2n) is 4.85. The van der Waals surface area contributed by atoms with Gasteiger partial charge in [0.15, 0.2) is 0 Å². The van der Waals surface area contributed by atoms with Crippen LogP contribution < -0.4 is 0 Å². The molecule has 7 heteroatoms. The monoisotopic (exact) mass is 285 g/mol. The molecule has 0 unspecified atom stereocenters. The number of hydrogen-bond donors (Lipinski definition) is 1. The van der Waals surface area contributed by atoms with Gasteiger partial charge in [0.2, 0.25) is 5.91 Å². The Balaban J connectivity index is 2.56. The maximum absolute atomic E-state index is 12.3. The first kappa shape index (κ1) is 16.3. The Labute approximate surface area is 119 Å². The molecule has 0 aliphatic carbocycles. The Kier molecular flexibility index (Phi) is 6.27. The zero-order valence-corrected chi connectivity index (χ0v) is 12.2. The summed E-state index contributed by atoms with van der Waals surface area (Å²) in [6, 6.07) is -0.140. The van der Waals surface area contributed by atoms with Crippen molar-refractivity contribution in [2.45, 2.75) is 26.7 Å². The summed E-state index contributed by atoms with van der Waals surface area (Å²) in [6.07, 6.45) is 0.703. The fraction of sp³-hybridized carbons (Fsp3) is 0.769. The van der Waals surface area contributed by atoms with Gasteiger partial charge in [-0.15, -0.1) is 0 Å². The molecule has 0 radical (unpaired) electrons. The van der Waals surface area contributed by atoms with Crippen molar-refractivity contribution in [2.24, 2.45) is 0 Å². The van der Waals surface area contributed by atoms with E-state index in [-0.39, 0.29) is 24.9 Å². The molecular formula is C13H23N3O4. The van der Waals surface area contributed by atoms with Crippen LogP contribution in [0.25, 0.3) is 0 Å². The number of aliphatic carboxylic acids is 1. The maximum Gasteiger partial charge on any atom is 0.320 e. The van der Waals surface area contributed by atoms with Gasteiger partial charge in [-0.2, -0.15) is 0 Å². The Morgan fingerprint density at radius 3 is 2.25 bits per heavy atom. The van der Waals surface area contributed by atoms with Crippen LogP contribution in [0.3, 0.4) is 0 Å². The maximum atomic E-state index is 12.3. The molecule has 0 aromatic rings. The molecule has 1 rings (SSSR count). The van der Waals surface area contributed by atoms with Crippen molar-refractivity contribution in [3.8, 4) is 0 Å². The molecule has 1 N–H and O–H groups in total. The molecule has 0 atom stereocenters. The van der Waals surface area contributed by atoms with E-state index in [0.29, 0.717) is 32.7 Å². The topological polar surface area (TPSA) is 81.2 Å². The number of hydrogen-bond acceptors (Lipinski definition) is 3. The summed E-state index contributed by atoms with van der Waals surface area (Å²) in [4.78, 5) is 39.2. The standard InChI is InChI=1S/C13H23N3O4/c1-3-14(8-5-12(18)19)13(20)16-7-4-6-15(9-10-16)11(2)17/h3-10H2,1-2H3,(H,18,19). The van der Waals surface area contributed by atoms with Crippen molar-refractivity contribution in [1.29, 1.82) is 0 Å². The van der Waals surface area contributed by atoms with E-state index in [1.807, 2.05) is 6.92 Å². The number of rotatable bonds is 4. The van der Waals surface area contributed by atoms with Gasteiger partial charge in [0, 0.05) is 46.2 Å². The molecule has 3 amide bonds. The molecule has 0 aromatic carbocycles. The Hall–Kier alpha value is -1.79. The summed E-state index contributed by atoms with van der Waals surface area (Å²) in [5.74, 6) is -0.882. The van der Waals surface area contributed by atoms with Gasteiger partial charge in [-0.05, 0) is 13.3 Å². The van der Waals surface area contributed by atoms with Crippen molar-refractivity contribution >= 4 is 17.9 Å². The average molecular weight is 285 g/mol. The molecule has 0 aromatic heterocycles. The summed E-state index contributed by atoms with van der Waals surface area (Å²) in [7, 11) is 0. The van der Waals surface area contributed by atoms with Crippen molar-refractivity contribution in [3.05, 3.63) is 0 Å². The number of amides is 3. The van der Waals surface area contributed by atoms with Crippen molar-refractivity contribution < 1.29 is 19.5 Å². The molecule has 1 aliphatic rings. The third kappa shape index (κ3) is 4.71. The Morgan fingerprint density at radius 1 is 1.10 bits per heavy atom. The predicted octanol–water partition coefficient (Wildman–Crippen LogP) is 0.457. The van der Waals surface area contributed by atoms with Crippen molar-refractivity contribution in [1.82, 2.24) is 14.7 Å². The third-order valence-corrected chi connectivity index (χ3v) is 3.46. The number of carbonyl (C=O) groups excluding carboxylic acids is 2. The minimum absolute atomic E-state index is 0.0255. The van der Waals surface area contributed by atoms with Gasteiger partial charge in [-0.25, -0.2) is 4.79 Å². The number of carbonyl (C=O) groups is 3. The van der Waals surface area contributed by atoms with Crippen LogP contribution in [0.1, 0.15) is 26.7 Å². The van der Waals surface area contributed by atoms with E-state index >= 15 is 0 Å². The lowest BCUT2D eigenvalue weighted by molar-refractivity contribution is -0.137. The highest BCUT2D eigenvalue weighted by Gasteiger charge is 2.23. The predicted molar refractivity (Wildman–Crippen MR) is 73.3 cm³/mol. The van der Waals surface area contributed by atoms with Gasteiger partial charge in [0.1, 0.15) is 0 Å². The summed E-state index contributed by atoms with van der Waals surface area (Å²) >= 11 is 0. The molecular weight excluding hydrogens is 262 g/mol. The minimum atomic E-state index is -0.908. The summed E-state index contributed by atoms with van der Waals surface area (Å²) in [5.41, 5.74) is 0. The van der Waals surface area contributed by atoms with E-state index in [1.165, 1.54) is 11.8 Å². The average Bonchev–Trinajstić information content (AvgIpc) is 2.64. The van der Waals surface area contributed by atoms with Crippen molar-refractivity contribution in [3.63, 3.8) is 0 Å². The summed E-state index contributed by atoms with van der Waals surface area (Å²) < 4.78 is 0. The van der Waals surface area contributed by atoms with Gasteiger partial charge < -0.3 is 19.8 Å². The molecule has 0 spiro atoms. The molecule has 1 fully saturated rings. The molecule has 20 heavy (non-hydrogen) atoms. The SMILES string of the molecule is CCN(CCC(=O)O)C(=O)N1CCCN(C(C)=O)CC1. The lowest BCUT2D eigenvalue weighted by Crippen LogP contribution is -2.45. The summed E-state index contributed by atoms with van der Waals surface area (Å²) in [6.45, 7) is 6.38. The first-order valence-corrected chi connectivity index (χ1v) is 6.96. The first-order valence-electron chi connectivity index (χ1n) is 6.96. The van der Waals surface area contributed by atoms with Crippen LogP contribution in [0.2, 0.25) is 0 Å². The lowest BCUT2D eigenvalue weighted by atomic mass is 10.3. The highest BCUT2D eigenvalue weighted by Crippen LogP contribution is 2.07. The third-order valence-electron chi connectivity index (χ3n) is 3.46. The van der Waals surface area contributed by atoms with Gasteiger partial charge in [0.25, 0.3) is 0 Å². The minimum Gasteiger partial charge on any atom is -0.481 e.